The van der Waals surface area contributed by atoms with E-state index in [0.717, 1.165) is 0 Å². The lowest BCUT2D eigenvalue weighted by Crippen LogP contribution is -2.41. The van der Waals surface area contributed by atoms with Crippen LogP contribution in [0.2, 0.25) is 0 Å². The quantitative estimate of drug-likeness (QED) is 0.788. The van der Waals surface area contributed by atoms with Crippen molar-refractivity contribution in [3.8, 4) is 5.75 Å². The summed E-state index contributed by atoms with van der Waals surface area (Å²) in [5.41, 5.74) is 0.224. The molecule has 1 heterocycles. The van der Waals surface area contributed by atoms with E-state index in [0.29, 0.717) is 23.4 Å². The van der Waals surface area contributed by atoms with Gasteiger partial charge < -0.3 is 19.4 Å². The van der Waals surface area contributed by atoms with Gasteiger partial charge in [-0.15, -0.1) is 0 Å². The minimum Gasteiger partial charge on any atom is -0.493 e. The van der Waals surface area contributed by atoms with E-state index in [4.69, 9.17) is 14.0 Å². The SMILES string of the molecule is CCOc1ccc(F)cc1C=C(CNC(C)=O)B1OC(C)(C)C(C)(C)O1. The molecule has 5 nitrogen and oxygen atoms in total. The van der Waals surface area contributed by atoms with Crippen molar-refractivity contribution in [2.24, 2.45) is 0 Å². The molecule has 1 saturated heterocycles. The Kier molecular flexibility index (Phi) is 6.14. The van der Waals surface area contributed by atoms with Crippen LogP contribution >= 0.6 is 0 Å². The van der Waals surface area contributed by atoms with Gasteiger partial charge in [-0.25, -0.2) is 4.39 Å². The van der Waals surface area contributed by atoms with Crippen molar-refractivity contribution in [2.75, 3.05) is 13.2 Å². The number of hydrogen-bond donors (Lipinski definition) is 1. The third-order valence-corrected chi connectivity index (χ3v) is 4.71. The van der Waals surface area contributed by atoms with E-state index in [9.17, 15) is 9.18 Å². The number of carbonyl (C=O) groups excluding carboxylic acids is 1. The fourth-order valence-corrected chi connectivity index (χ4v) is 2.54. The monoisotopic (exact) mass is 363 g/mol. The first-order valence-electron chi connectivity index (χ1n) is 8.78. The zero-order valence-corrected chi connectivity index (χ0v) is 16.3. The van der Waals surface area contributed by atoms with Gasteiger partial charge in [-0.1, -0.05) is 6.08 Å². The van der Waals surface area contributed by atoms with Crippen LogP contribution in [0, 0.1) is 5.82 Å². The van der Waals surface area contributed by atoms with Crippen LogP contribution < -0.4 is 10.1 Å². The molecule has 0 saturated carbocycles. The molecule has 0 aromatic heterocycles. The zero-order chi connectivity index (χ0) is 19.5. The Hall–Kier alpha value is -1.86. The van der Waals surface area contributed by atoms with Crippen molar-refractivity contribution in [3.05, 3.63) is 35.1 Å². The fourth-order valence-electron chi connectivity index (χ4n) is 2.54. The molecule has 0 aliphatic carbocycles. The van der Waals surface area contributed by atoms with Gasteiger partial charge in [0.05, 0.1) is 17.8 Å². The molecule has 26 heavy (non-hydrogen) atoms. The third kappa shape index (κ3) is 4.65. The van der Waals surface area contributed by atoms with E-state index < -0.39 is 18.3 Å². The summed E-state index contributed by atoms with van der Waals surface area (Å²) in [7, 11) is -0.649. The maximum Gasteiger partial charge on any atom is 0.492 e. The summed E-state index contributed by atoms with van der Waals surface area (Å²) < 4.78 is 31.5. The van der Waals surface area contributed by atoms with Crippen LogP contribution in [-0.2, 0) is 14.1 Å². The van der Waals surface area contributed by atoms with Gasteiger partial charge >= 0.3 is 7.12 Å². The molecule has 0 bridgehead atoms. The number of hydrogen-bond acceptors (Lipinski definition) is 4. The summed E-state index contributed by atoms with van der Waals surface area (Å²) in [5.74, 6) is 0.0231. The second-order valence-corrected chi connectivity index (χ2v) is 7.33. The molecule has 0 radical (unpaired) electrons. The number of carbonyl (C=O) groups is 1. The van der Waals surface area contributed by atoms with Gasteiger partial charge in [0.25, 0.3) is 0 Å². The Morgan fingerprint density at radius 2 is 1.88 bits per heavy atom. The molecule has 1 aliphatic heterocycles. The van der Waals surface area contributed by atoms with Crippen molar-refractivity contribution in [2.45, 2.75) is 52.7 Å². The van der Waals surface area contributed by atoms with Gasteiger partial charge in [-0.3, -0.25) is 4.79 Å². The summed E-state index contributed by atoms with van der Waals surface area (Å²) in [6.45, 7) is 11.8. The number of halogens is 1. The van der Waals surface area contributed by atoms with E-state index in [1.807, 2.05) is 34.6 Å². The summed E-state index contributed by atoms with van der Waals surface area (Å²) in [5, 5.41) is 2.76. The normalized spacial score (nSPS) is 18.7. The second kappa shape index (κ2) is 7.80. The molecule has 1 N–H and O–H groups in total. The van der Waals surface area contributed by atoms with Gasteiger partial charge in [0.1, 0.15) is 11.6 Å². The summed E-state index contributed by atoms with van der Waals surface area (Å²) in [6, 6.07) is 4.33. The van der Waals surface area contributed by atoms with Crippen molar-refractivity contribution < 1.29 is 23.2 Å². The van der Waals surface area contributed by atoms with Crippen LogP contribution in [0.1, 0.15) is 47.1 Å². The van der Waals surface area contributed by atoms with Crippen LogP contribution in [0.25, 0.3) is 6.08 Å². The van der Waals surface area contributed by atoms with Crippen molar-refractivity contribution in [1.29, 1.82) is 0 Å². The highest BCUT2D eigenvalue weighted by molar-refractivity contribution is 6.56. The number of ether oxygens (including phenoxy) is 1. The maximum absolute atomic E-state index is 13.8. The fraction of sp³-hybridized carbons (Fsp3) is 0.526. The van der Waals surface area contributed by atoms with Gasteiger partial charge in [0, 0.05) is 19.0 Å². The van der Waals surface area contributed by atoms with E-state index in [2.05, 4.69) is 5.32 Å². The van der Waals surface area contributed by atoms with Crippen LogP contribution in [0.5, 0.6) is 5.75 Å². The molecule has 1 aromatic carbocycles. The van der Waals surface area contributed by atoms with Crippen LogP contribution in [0.15, 0.2) is 23.7 Å². The Bertz CT molecular complexity index is 687. The number of benzene rings is 1. The first-order valence-corrected chi connectivity index (χ1v) is 8.78. The molecular weight excluding hydrogens is 336 g/mol. The van der Waals surface area contributed by atoms with Crippen molar-refractivity contribution in [3.63, 3.8) is 0 Å². The van der Waals surface area contributed by atoms with E-state index >= 15 is 0 Å². The average Bonchev–Trinajstić information content (AvgIpc) is 2.74. The Morgan fingerprint density at radius 3 is 2.42 bits per heavy atom. The lowest BCUT2D eigenvalue weighted by atomic mass is 9.77. The highest BCUT2D eigenvalue weighted by atomic mass is 19.1. The molecule has 2 rings (SSSR count). The highest BCUT2D eigenvalue weighted by Gasteiger charge is 2.52. The molecule has 0 spiro atoms. The molecule has 0 unspecified atom stereocenters. The number of amides is 1. The molecule has 0 atom stereocenters. The van der Waals surface area contributed by atoms with E-state index in [1.54, 1.807) is 12.1 Å². The largest absolute Gasteiger partial charge is 0.493 e. The Balaban J connectivity index is 2.41. The molecule has 1 fully saturated rings. The topological polar surface area (TPSA) is 56.8 Å². The van der Waals surface area contributed by atoms with Crippen LogP contribution in [-0.4, -0.2) is 37.4 Å². The Morgan fingerprint density at radius 1 is 1.27 bits per heavy atom. The third-order valence-electron chi connectivity index (χ3n) is 4.71. The van der Waals surface area contributed by atoms with Gasteiger partial charge in [0.15, 0.2) is 0 Å². The van der Waals surface area contributed by atoms with Crippen LogP contribution in [0.4, 0.5) is 4.39 Å². The van der Waals surface area contributed by atoms with Crippen molar-refractivity contribution >= 4 is 19.1 Å². The molecule has 1 aliphatic rings. The Labute approximate surface area is 155 Å². The molecule has 142 valence electrons. The van der Waals surface area contributed by atoms with Crippen molar-refractivity contribution in [1.82, 2.24) is 5.32 Å². The maximum atomic E-state index is 13.8. The average molecular weight is 363 g/mol. The molecular formula is C19H27BFNO4. The zero-order valence-electron chi connectivity index (χ0n) is 16.3. The summed E-state index contributed by atoms with van der Waals surface area (Å²) in [4.78, 5) is 11.4. The summed E-state index contributed by atoms with van der Waals surface area (Å²) in [6.07, 6.45) is 1.76. The molecule has 1 amide bonds. The first kappa shape index (κ1) is 20.5. The first-order chi connectivity index (χ1) is 12.1. The van der Waals surface area contributed by atoms with E-state index in [1.165, 1.54) is 19.1 Å². The van der Waals surface area contributed by atoms with Gasteiger partial charge in [-0.2, -0.15) is 0 Å². The molecule has 1 aromatic rings. The second-order valence-electron chi connectivity index (χ2n) is 7.33. The smallest absolute Gasteiger partial charge is 0.492 e. The lowest BCUT2D eigenvalue weighted by molar-refractivity contribution is -0.118. The number of rotatable bonds is 6. The summed E-state index contributed by atoms with van der Waals surface area (Å²) >= 11 is 0. The number of nitrogens with one attached hydrogen (secondary N) is 1. The predicted octanol–water partition coefficient (Wildman–Crippen LogP) is 3.38. The minimum absolute atomic E-state index is 0.170. The highest BCUT2D eigenvalue weighted by Crippen LogP contribution is 2.39. The standard InChI is InChI=1S/C19H27BFNO4/c1-7-24-17-9-8-16(21)11-14(17)10-15(12-22-13(2)23)20-25-18(3,4)19(5,6)26-20/h8-11H,7,12H2,1-6H3,(H,22,23). The van der Waals surface area contributed by atoms with Gasteiger partial charge in [-0.05, 0) is 58.3 Å². The lowest BCUT2D eigenvalue weighted by Gasteiger charge is -2.32. The van der Waals surface area contributed by atoms with Crippen LogP contribution in [0.3, 0.4) is 0 Å². The van der Waals surface area contributed by atoms with Gasteiger partial charge in [0.2, 0.25) is 5.91 Å². The van der Waals surface area contributed by atoms with E-state index in [-0.39, 0.29) is 18.3 Å². The molecule has 7 heteroatoms. The predicted molar refractivity (Wildman–Crippen MR) is 100 cm³/mol. The minimum atomic E-state index is -0.649.